The third-order valence-corrected chi connectivity index (χ3v) is 15.4. The number of aromatic nitrogens is 4. The first-order chi connectivity index (χ1) is 36.8. The molecule has 5 heterocycles. The molecule has 3 aromatic heterocycles. The number of aryl methyl sites for hydroxylation is 1. The van der Waals surface area contributed by atoms with E-state index in [1.54, 1.807) is 30.2 Å². The van der Waals surface area contributed by atoms with E-state index in [1.807, 2.05) is 19.9 Å². The van der Waals surface area contributed by atoms with Crippen molar-refractivity contribution < 1.29 is 63.1 Å². The first-order valence-corrected chi connectivity index (χ1v) is 26.8. The van der Waals surface area contributed by atoms with Gasteiger partial charge in [-0.3, -0.25) is 19.3 Å². The summed E-state index contributed by atoms with van der Waals surface area (Å²) in [6.07, 6.45) is -3.95. The van der Waals surface area contributed by atoms with Crippen LogP contribution in [-0.4, -0.2) is 79.4 Å². The lowest BCUT2D eigenvalue weighted by atomic mass is 9.93. The minimum Gasteiger partial charge on any atom is -0.439 e. The maximum Gasteiger partial charge on any atom is 0.439 e. The van der Waals surface area contributed by atoms with Gasteiger partial charge in [0.25, 0.3) is 0 Å². The predicted molar refractivity (Wildman–Crippen MR) is 273 cm³/mol. The van der Waals surface area contributed by atoms with Gasteiger partial charge in [0.1, 0.15) is 23.8 Å². The topological polar surface area (TPSA) is 150 Å². The lowest BCUT2D eigenvalue weighted by Crippen LogP contribution is -2.39. The molecule has 2 aliphatic carbocycles. The molecule has 0 bridgehead atoms. The maximum absolute atomic E-state index is 13.5. The molecule has 24 heteroatoms. The molecule has 0 spiro atoms. The molecule has 0 radical (unpaired) electrons. The van der Waals surface area contributed by atoms with Crippen LogP contribution in [0.5, 0.6) is 0 Å². The Labute approximate surface area is 452 Å². The second-order valence-electron chi connectivity index (χ2n) is 20.3. The number of carbonyl (C=O) groups excluding carboxylic acids is 2. The molecule has 1 N–H and O–H groups in total. The van der Waals surface area contributed by atoms with Crippen LogP contribution in [0, 0.1) is 6.92 Å². The van der Waals surface area contributed by atoms with Crippen LogP contribution in [0.25, 0.3) is 11.4 Å². The molecule has 0 unspecified atom stereocenters. The number of halogens is 10. The van der Waals surface area contributed by atoms with Crippen molar-refractivity contribution >= 4 is 39.8 Å². The van der Waals surface area contributed by atoms with Crippen molar-refractivity contribution in [2.45, 2.75) is 167 Å². The van der Waals surface area contributed by atoms with Crippen LogP contribution >= 0.6 is 15.9 Å². The fourth-order valence-electron chi connectivity index (χ4n) is 11.1. The first-order valence-electron chi connectivity index (χ1n) is 26.0. The van der Waals surface area contributed by atoms with Crippen LogP contribution < -0.4 is 15.6 Å². The van der Waals surface area contributed by atoms with Gasteiger partial charge >= 0.3 is 36.5 Å². The van der Waals surface area contributed by atoms with Crippen molar-refractivity contribution in [2.75, 3.05) is 22.9 Å². The van der Waals surface area contributed by atoms with Crippen molar-refractivity contribution in [1.29, 1.82) is 0 Å². The molecular weight excluding hydrogens is 1110 g/mol. The fourth-order valence-corrected chi connectivity index (χ4v) is 11.5. The van der Waals surface area contributed by atoms with Crippen LogP contribution in [-0.2, 0) is 41.1 Å². The number of H-pyrrole nitrogens is 1. The average molecular weight is 1170 g/mol. The average Bonchev–Trinajstić information content (AvgIpc) is 4.08. The van der Waals surface area contributed by atoms with E-state index in [0.717, 1.165) is 79.5 Å². The molecule has 4 atom stereocenters. The van der Waals surface area contributed by atoms with Gasteiger partial charge in [0.15, 0.2) is 5.82 Å². The summed E-state index contributed by atoms with van der Waals surface area (Å²) in [5, 5.41) is 3.70. The minimum absolute atomic E-state index is 0.0327. The van der Waals surface area contributed by atoms with Gasteiger partial charge in [-0.15, -0.1) is 0 Å². The van der Waals surface area contributed by atoms with E-state index in [9.17, 15) is 53.9 Å². The highest BCUT2D eigenvalue weighted by atomic mass is 79.9. The standard InChI is InChI=1S/C28H29F6N5O4.C26H31BrF3N3O2/c1-3-38(21-7-5-4-6-8-21)24-18(9-17(13-35-24)23-36-25(40)43-37-23)14-39-15(2)22(42-26(39)41)16-10-19(27(29,30)31)12-20(11-16)28(32,33)34;1-4-32(22-8-6-5-7-9-22)24-19(13-21(27)14-31-24)15-33-17(3)23(35-25(33)34)18-10-16(2)11-20(12-18)26(28,29)30/h9-13,15,21-22H,3-8,14H2,1-2H3,(H,36,37,40);10-14,17,22-23H,4-9,15H2,1-3H3/t15-,22-;17-,23-/m00/s1. The predicted octanol–water partition coefficient (Wildman–Crippen LogP) is 14.1. The van der Waals surface area contributed by atoms with Gasteiger partial charge in [-0.2, -0.15) is 39.5 Å². The van der Waals surface area contributed by atoms with Gasteiger partial charge in [-0.1, -0.05) is 55.3 Å². The Balaban J connectivity index is 0.000000210. The largest absolute Gasteiger partial charge is 0.439 e. The van der Waals surface area contributed by atoms with Gasteiger partial charge < -0.3 is 19.3 Å². The number of nitrogens with zero attached hydrogens (tertiary/aromatic N) is 7. The molecule has 2 aromatic carbocycles. The molecule has 9 rings (SSSR count). The smallest absolute Gasteiger partial charge is 0.439 e. The minimum atomic E-state index is -5.05. The molecule has 2 amide bonds. The van der Waals surface area contributed by atoms with E-state index in [2.05, 4.69) is 52.3 Å². The Morgan fingerprint density at radius 2 is 1.05 bits per heavy atom. The number of ether oxygens (including phenoxy) is 2. The van der Waals surface area contributed by atoms with Gasteiger partial charge in [0.05, 0.1) is 41.9 Å². The quantitative estimate of drug-likeness (QED) is 0.112. The summed E-state index contributed by atoms with van der Waals surface area (Å²) in [4.78, 5) is 56.6. The summed E-state index contributed by atoms with van der Waals surface area (Å²) in [6.45, 7) is 10.5. The van der Waals surface area contributed by atoms with Crippen LogP contribution in [0.4, 0.5) is 60.7 Å². The zero-order valence-corrected chi connectivity index (χ0v) is 45.1. The number of anilines is 2. The van der Waals surface area contributed by atoms with Gasteiger partial charge in [-0.25, -0.2) is 24.4 Å². The Morgan fingerprint density at radius 3 is 1.49 bits per heavy atom. The summed E-state index contributed by atoms with van der Waals surface area (Å²) >= 11 is 3.50. The second-order valence-corrected chi connectivity index (χ2v) is 21.2. The van der Waals surface area contributed by atoms with E-state index in [0.29, 0.717) is 52.8 Å². The van der Waals surface area contributed by atoms with Gasteiger partial charge in [0.2, 0.25) is 0 Å². The molecule has 2 saturated carbocycles. The Bertz CT molecular complexity index is 2960. The fraction of sp³-hybridized carbons (Fsp3) is 0.519. The lowest BCUT2D eigenvalue weighted by Gasteiger charge is -2.36. The Hall–Kier alpha value is -6.33. The number of aromatic amines is 1. The third kappa shape index (κ3) is 13.0. The Kier molecular flexibility index (Phi) is 17.5. The van der Waals surface area contributed by atoms with Crippen molar-refractivity contribution in [3.05, 3.63) is 120 Å². The molecule has 422 valence electrons. The summed E-state index contributed by atoms with van der Waals surface area (Å²) in [5.74, 6) is 0.730. The van der Waals surface area contributed by atoms with Crippen LogP contribution in [0.2, 0.25) is 0 Å². The summed E-state index contributed by atoms with van der Waals surface area (Å²) in [5.41, 5.74) is -1.53. The monoisotopic (exact) mass is 1170 g/mol. The number of rotatable bonds is 13. The summed E-state index contributed by atoms with van der Waals surface area (Å²) < 4.78 is 138. The number of amides is 2. The van der Waals surface area contributed by atoms with E-state index < -0.39 is 83.0 Å². The van der Waals surface area contributed by atoms with E-state index in [-0.39, 0.29) is 31.0 Å². The van der Waals surface area contributed by atoms with Crippen LogP contribution in [0.15, 0.2) is 74.7 Å². The van der Waals surface area contributed by atoms with Crippen LogP contribution in [0.1, 0.15) is 149 Å². The molecule has 5 aromatic rings. The highest BCUT2D eigenvalue weighted by Crippen LogP contribution is 2.43. The molecular formula is C54H60BrF9N8O6. The molecule has 2 aliphatic heterocycles. The van der Waals surface area contributed by atoms with E-state index >= 15 is 0 Å². The van der Waals surface area contributed by atoms with Crippen molar-refractivity contribution in [3.8, 4) is 11.4 Å². The number of nitrogens with one attached hydrogen (secondary N) is 1. The SMILES string of the molecule is CCN(c1ncc(-c2noc(=O)[nH]2)cc1CN1C(=O)O[C@H](c2cc(C(F)(F)F)cc(C(F)(F)F)c2)[C@@H]1C)C1CCCCC1.CCN(c1ncc(Br)cc1CN1C(=O)O[C@H](c2cc(C)cc(C(F)(F)F)c2)[C@@H]1C)C1CCCCC1. The number of alkyl halides is 9. The molecule has 14 nitrogen and oxygen atoms in total. The second kappa shape index (κ2) is 23.6. The summed E-state index contributed by atoms with van der Waals surface area (Å²) in [7, 11) is 0. The highest BCUT2D eigenvalue weighted by Gasteiger charge is 2.45. The number of hydrogen-bond acceptors (Lipinski definition) is 11. The van der Waals surface area contributed by atoms with Gasteiger partial charge in [-0.05, 0) is 130 Å². The van der Waals surface area contributed by atoms with E-state index in [1.165, 1.54) is 37.3 Å². The Morgan fingerprint density at radius 1 is 0.615 bits per heavy atom. The maximum atomic E-state index is 13.5. The van der Waals surface area contributed by atoms with Crippen molar-refractivity contribution in [1.82, 2.24) is 29.9 Å². The van der Waals surface area contributed by atoms with Gasteiger partial charge in [0, 0.05) is 58.7 Å². The molecule has 4 aliphatic rings. The third-order valence-electron chi connectivity index (χ3n) is 15.0. The first kappa shape index (κ1) is 57.8. The van der Waals surface area contributed by atoms with Crippen molar-refractivity contribution in [2.24, 2.45) is 0 Å². The molecule has 2 saturated heterocycles. The molecule has 78 heavy (non-hydrogen) atoms. The lowest BCUT2D eigenvalue weighted by molar-refractivity contribution is -0.143. The highest BCUT2D eigenvalue weighted by molar-refractivity contribution is 9.10. The number of pyridine rings is 2. The molecule has 4 fully saturated rings. The number of cyclic esters (lactones) is 2. The van der Waals surface area contributed by atoms with Crippen LogP contribution in [0.3, 0.4) is 0 Å². The van der Waals surface area contributed by atoms with Crippen molar-refractivity contribution in [3.63, 3.8) is 0 Å². The summed E-state index contributed by atoms with van der Waals surface area (Å²) in [6, 6.07) is 7.86. The zero-order chi connectivity index (χ0) is 56.4. The normalized spacial score (nSPS) is 20.6. The number of carbonyl (C=O) groups is 2. The zero-order valence-electron chi connectivity index (χ0n) is 43.5. The number of benzene rings is 2. The number of hydrogen-bond donors (Lipinski definition) is 1. The van der Waals surface area contributed by atoms with E-state index in [4.69, 9.17) is 14.5 Å².